The third-order valence-electron chi connectivity index (χ3n) is 3.60. The van der Waals surface area contributed by atoms with Crippen molar-refractivity contribution in [3.05, 3.63) is 42.0 Å². The van der Waals surface area contributed by atoms with Gasteiger partial charge in [-0.05, 0) is 24.5 Å². The summed E-state index contributed by atoms with van der Waals surface area (Å²) in [7, 11) is 1.58. The molecule has 0 aromatic heterocycles. The fourth-order valence-corrected chi connectivity index (χ4v) is 2.77. The smallest absolute Gasteiger partial charge is 0.312 e. The minimum absolute atomic E-state index is 0.0840. The van der Waals surface area contributed by atoms with Gasteiger partial charge in [-0.15, -0.1) is 6.58 Å². The van der Waals surface area contributed by atoms with E-state index >= 15 is 0 Å². The second kappa shape index (κ2) is 5.89. The fourth-order valence-electron chi connectivity index (χ4n) is 2.77. The number of fused-ring (bicyclic) bond motifs is 1. The molecule has 0 spiro atoms. The van der Waals surface area contributed by atoms with Crippen LogP contribution in [0.2, 0.25) is 0 Å². The van der Waals surface area contributed by atoms with Gasteiger partial charge in [0.25, 0.3) is 0 Å². The molecular weight excluding hydrogens is 242 g/mol. The van der Waals surface area contributed by atoms with Crippen molar-refractivity contribution in [1.82, 2.24) is 5.32 Å². The molecule has 2 atom stereocenters. The molecule has 1 aliphatic rings. The van der Waals surface area contributed by atoms with E-state index in [1.807, 2.05) is 18.2 Å². The number of aliphatic carboxylic acids is 1. The van der Waals surface area contributed by atoms with Crippen molar-refractivity contribution in [2.24, 2.45) is 0 Å². The maximum atomic E-state index is 11.6. The molecule has 19 heavy (non-hydrogen) atoms. The molecule has 0 fully saturated rings. The van der Waals surface area contributed by atoms with Crippen LogP contribution in [0.25, 0.3) is 0 Å². The Morgan fingerprint density at radius 1 is 1.63 bits per heavy atom. The average Bonchev–Trinajstić information content (AvgIpc) is 2.43. The second-order valence-corrected chi connectivity index (χ2v) is 4.69. The zero-order valence-electron chi connectivity index (χ0n) is 11.1. The third-order valence-corrected chi connectivity index (χ3v) is 3.60. The van der Waals surface area contributed by atoms with Crippen molar-refractivity contribution in [2.45, 2.75) is 24.8 Å². The van der Waals surface area contributed by atoms with Gasteiger partial charge in [-0.25, -0.2) is 0 Å². The van der Waals surface area contributed by atoms with Gasteiger partial charge in [0.05, 0.1) is 7.11 Å². The molecule has 4 heteroatoms. The molecule has 1 aromatic carbocycles. The van der Waals surface area contributed by atoms with E-state index in [2.05, 4.69) is 11.9 Å². The van der Waals surface area contributed by atoms with E-state index in [1.165, 1.54) is 0 Å². The van der Waals surface area contributed by atoms with Crippen LogP contribution in [0.15, 0.2) is 30.9 Å². The maximum Gasteiger partial charge on any atom is 0.312 e. The van der Waals surface area contributed by atoms with E-state index in [4.69, 9.17) is 4.74 Å². The van der Waals surface area contributed by atoms with Gasteiger partial charge in [-0.2, -0.15) is 0 Å². The largest absolute Gasteiger partial charge is 0.496 e. The van der Waals surface area contributed by atoms with Gasteiger partial charge in [0, 0.05) is 18.2 Å². The number of benzene rings is 1. The summed E-state index contributed by atoms with van der Waals surface area (Å²) >= 11 is 0. The first kappa shape index (κ1) is 13.6. The maximum absolute atomic E-state index is 11.6. The monoisotopic (exact) mass is 261 g/mol. The van der Waals surface area contributed by atoms with Crippen molar-refractivity contribution in [1.29, 1.82) is 0 Å². The molecule has 0 saturated carbocycles. The molecule has 0 heterocycles. The summed E-state index contributed by atoms with van der Waals surface area (Å²) < 4.78 is 5.33. The molecule has 102 valence electrons. The summed E-state index contributed by atoms with van der Waals surface area (Å²) in [6.45, 7) is 4.27. The lowest BCUT2D eigenvalue weighted by Gasteiger charge is -2.32. The minimum atomic E-state index is -0.813. The molecule has 1 aromatic rings. The van der Waals surface area contributed by atoms with Crippen LogP contribution in [0.5, 0.6) is 5.75 Å². The molecule has 0 aliphatic heterocycles. The number of carboxylic acids is 1. The molecule has 2 rings (SSSR count). The van der Waals surface area contributed by atoms with Gasteiger partial charge in [0.2, 0.25) is 0 Å². The van der Waals surface area contributed by atoms with Crippen molar-refractivity contribution in [2.75, 3.05) is 13.7 Å². The van der Waals surface area contributed by atoms with Gasteiger partial charge in [0.15, 0.2) is 0 Å². The van der Waals surface area contributed by atoms with Crippen molar-refractivity contribution in [3.63, 3.8) is 0 Å². The Balaban J connectivity index is 2.41. The summed E-state index contributed by atoms with van der Waals surface area (Å²) in [6.07, 6.45) is 3.42. The van der Waals surface area contributed by atoms with Crippen LogP contribution in [0.3, 0.4) is 0 Å². The van der Waals surface area contributed by atoms with E-state index in [9.17, 15) is 9.90 Å². The standard InChI is InChI=1S/C15H19NO3/c1-3-9-16-11-8-7-10-5-4-6-12(19-2)13(10)14(11)15(17)18/h3-6,11,14,16H,1,7-9H2,2H3,(H,17,18)/t11-,14-/m0/s1. The van der Waals surface area contributed by atoms with E-state index in [1.54, 1.807) is 13.2 Å². The number of ether oxygens (including phenoxy) is 1. The number of hydrogen-bond acceptors (Lipinski definition) is 3. The number of rotatable bonds is 5. The SMILES string of the molecule is C=CCN[C@H]1CCc2cccc(OC)c2[C@H]1C(=O)O. The molecule has 4 nitrogen and oxygen atoms in total. The Hall–Kier alpha value is -1.81. The molecular formula is C15H19NO3. The average molecular weight is 261 g/mol. The van der Waals surface area contributed by atoms with Crippen LogP contribution >= 0.6 is 0 Å². The molecule has 0 saturated heterocycles. The van der Waals surface area contributed by atoms with Gasteiger partial charge in [-0.3, -0.25) is 4.79 Å². The molecule has 0 amide bonds. The summed E-state index contributed by atoms with van der Waals surface area (Å²) in [5.41, 5.74) is 1.88. The summed E-state index contributed by atoms with van der Waals surface area (Å²) in [5.74, 6) is -0.720. The second-order valence-electron chi connectivity index (χ2n) is 4.69. The summed E-state index contributed by atoms with van der Waals surface area (Å²) in [6, 6.07) is 5.63. The van der Waals surface area contributed by atoms with E-state index in [-0.39, 0.29) is 6.04 Å². The topological polar surface area (TPSA) is 58.6 Å². The number of hydrogen-bond donors (Lipinski definition) is 2. The third kappa shape index (κ3) is 2.63. The van der Waals surface area contributed by atoms with Crippen LogP contribution < -0.4 is 10.1 Å². The minimum Gasteiger partial charge on any atom is -0.496 e. The molecule has 0 radical (unpaired) electrons. The number of aryl methyl sites for hydroxylation is 1. The van der Waals surface area contributed by atoms with Crippen molar-refractivity contribution in [3.8, 4) is 5.75 Å². The highest BCUT2D eigenvalue weighted by Crippen LogP contribution is 2.38. The van der Waals surface area contributed by atoms with Gasteiger partial charge >= 0.3 is 5.97 Å². The Labute approximate surface area is 113 Å². The lowest BCUT2D eigenvalue weighted by Crippen LogP contribution is -2.42. The van der Waals surface area contributed by atoms with E-state index in [0.29, 0.717) is 12.3 Å². The zero-order chi connectivity index (χ0) is 13.8. The first-order chi connectivity index (χ1) is 9.19. The van der Waals surface area contributed by atoms with E-state index in [0.717, 1.165) is 24.0 Å². The number of methoxy groups -OCH3 is 1. The predicted molar refractivity (Wildman–Crippen MR) is 73.7 cm³/mol. The summed E-state index contributed by atoms with van der Waals surface area (Å²) in [5, 5.41) is 12.8. The number of carbonyl (C=O) groups is 1. The van der Waals surface area contributed by atoms with Gasteiger partial charge in [0.1, 0.15) is 11.7 Å². The Bertz CT molecular complexity index is 470. The molecule has 0 bridgehead atoms. The van der Waals surface area contributed by atoms with Crippen LogP contribution in [-0.2, 0) is 11.2 Å². The Morgan fingerprint density at radius 2 is 2.42 bits per heavy atom. The highest BCUT2D eigenvalue weighted by molar-refractivity contribution is 5.79. The van der Waals surface area contributed by atoms with Crippen molar-refractivity contribution >= 4 is 5.97 Å². The molecule has 1 aliphatic carbocycles. The molecule has 2 N–H and O–H groups in total. The lowest BCUT2D eigenvalue weighted by atomic mass is 9.78. The normalized spacial score (nSPS) is 21.5. The first-order valence-electron chi connectivity index (χ1n) is 6.42. The van der Waals surface area contributed by atoms with E-state index < -0.39 is 11.9 Å². The predicted octanol–water partition coefficient (Wildman–Crippen LogP) is 1.95. The lowest BCUT2D eigenvalue weighted by molar-refractivity contribution is -0.139. The Kier molecular flexibility index (Phi) is 4.22. The van der Waals surface area contributed by atoms with Crippen LogP contribution in [0.1, 0.15) is 23.5 Å². The number of nitrogens with one attached hydrogen (secondary N) is 1. The fraction of sp³-hybridized carbons (Fsp3) is 0.400. The Morgan fingerprint density at radius 3 is 3.05 bits per heavy atom. The quantitative estimate of drug-likeness (QED) is 0.795. The first-order valence-corrected chi connectivity index (χ1v) is 6.42. The van der Waals surface area contributed by atoms with Gasteiger partial charge < -0.3 is 15.2 Å². The highest BCUT2D eigenvalue weighted by atomic mass is 16.5. The van der Waals surface area contributed by atoms with Crippen LogP contribution in [-0.4, -0.2) is 30.8 Å². The van der Waals surface area contributed by atoms with Gasteiger partial charge in [-0.1, -0.05) is 18.2 Å². The van der Waals surface area contributed by atoms with Crippen LogP contribution in [0, 0.1) is 0 Å². The molecule has 0 unspecified atom stereocenters. The number of carboxylic acid groups (broad SMARTS) is 1. The highest BCUT2D eigenvalue weighted by Gasteiger charge is 2.36. The van der Waals surface area contributed by atoms with Crippen molar-refractivity contribution < 1.29 is 14.6 Å². The summed E-state index contributed by atoms with van der Waals surface area (Å²) in [4.78, 5) is 11.6. The van der Waals surface area contributed by atoms with Crippen LogP contribution in [0.4, 0.5) is 0 Å². The zero-order valence-corrected chi connectivity index (χ0v) is 11.1.